The van der Waals surface area contributed by atoms with Crippen LogP contribution in [0.4, 0.5) is 0 Å². The predicted molar refractivity (Wildman–Crippen MR) is 83.3 cm³/mol. The first-order valence-electron chi connectivity index (χ1n) is 6.78. The summed E-state index contributed by atoms with van der Waals surface area (Å²) in [7, 11) is 0. The highest BCUT2D eigenvalue weighted by atomic mass is 32.2. The Morgan fingerprint density at radius 3 is 3.05 bits per heavy atom. The molecule has 1 saturated heterocycles. The van der Waals surface area contributed by atoms with Gasteiger partial charge in [-0.15, -0.1) is 0 Å². The SMILES string of the molecule is CC1(CNC(=O)c2ncccc2/C=C/C(=O)O)CCCS1. The zero-order valence-corrected chi connectivity index (χ0v) is 12.7. The molecule has 1 aromatic heterocycles. The Balaban J connectivity index is 2.06. The van der Waals surface area contributed by atoms with E-state index in [2.05, 4.69) is 17.2 Å². The monoisotopic (exact) mass is 306 g/mol. The molecule has 0 aliphatic carbocycles. The van der Waals surface area contributed by atoms with Gasteiger partial charge in [0.25, 0.3) is 5.91 Å². The van der Waals surface area contributed by atoms with Crippen LogP contribution in [0.25, 0.3) is 6.08 Å². The van der Waals surface area contributed by atoms with Crippen molar-refractivity contribution in [1.82, 2.24) is 10.3 Å². The Bertz CT molecular complexity index is 566. The molecule has 1 amide bonds. The van der Waals surface area contributed by atoms with E-state index in [1.807, 2.05) is 11.8 Å². The van der Waals surface area contributed by atoms with Crippen molar-refractivity contribution in [3.63, 3.8) is 0 Å². The molecule has 21 heavy (non-hydrogen) atoms. The van der Waals surface area contributed by atoms with Crippen molar-refractivity contribution in [2.75, 3.05) is 12.3 Å². The fraction of sp³-hybridized carbons (Fsp3) is 0.400. The predicted octanol–water partition coefficient (Wildman–Crippen LogP) is 2.19. The normalized spacial score (nSPS) is 21.6. The summed E-state index contributed by atoms with van der Waals surface area (Å²) in [6.45, 7) is 2.74. The number of rotatable bonds is 5. The van der Waals surface area contributed by atoms with Crippen LogP contribution in [0.5, 0.6) is 0 Å². The third-order valence-electron chi connectivity index (χ3n) is 3.38. The number of carbonyl (C=O) groups excluding carboxylic acids is 1. The van der Waals surface area contributed by atoms with E-state index in [4.69, 9.17) is 5.11 Å². The molecule has 112 valence electrons. The van der Waals surface area contributed by atoms with Crippen LogP contribution in [-0.2, 0) is 4.79 Å². The van der Waals surface area contributed by atoms with Gasteiger partial charge in [-0.3, -0.25) is 9.78 Å². The van der Waals surface area contributed by atoms with Gasteiger partial charge in [-0.2, -0.15) is 11.8 Å². The summed E-state index contributed by atoms with van der Waals surface area (Å²) in [5, 5.41) is 11.6. The number of carboxylic acids is 1. The number of pyridine rings is 1. The Morgan fingerprint density at radius 2 is 2.38 bits per heavy atom. The molecular formula is C15H18N2O3S. The van der Waals surface area contributed by atoms with Crippen molar-refractivity contribution < 1.29 is 14.7 Å². The number of thioether (sulfide) groups is 1. The van der Waals surface area contributed by atoms with Gasteiger partial charge >= 0.3 is 5.97 Å². The number of aliphatic carboxylic acids is 1. The third-order valence-corrected chi connectivity index (χ3v) is 4.92. The van der Waals surface area contributed by atoms with Crippen LogP contribution in [0, 0.1) is 0 Å². The molecule has 1 fully saturated rings. The maximum Gasteiger partial charge on any atom is 0.328 e. The highest BCUT2D eigenvalue weighted by Crippen LogP contribution is 2.36. The van der Waals surface area contributed by atoms with Crippen LogP contribution >= 0.6 is 11.8 Å². The summed E-state index contributed by atoms with van der Waals surface area (Å²) in [6.07, 6.45) is 6.18. The number of hydrogen-bond donors (Lipinski definition) is 2. The molecule has 2 rings (SSSR count). The van der Waals surface area contributed by atoms with E-state index in [1.165, 1.54) is 18.7 Å². The first-order valence-corrected chi connectivity index (χ1v) is 7.77. The number of carboxylic acid groups (broad SMARTS) is 1. The Kier molecular flexibility index (Phi) is 5.01. The van der Waals surface area contributed by atoms with E-state index in [9.17, 15) is 9.59 Å². The Hall–Kier alpha value is -1.82. The van der Waals surface area contributed by atoms with Crippen molar-refractivity contribution in [2.45, 2.75) is 24.5 Å². The molecule has 5 nitrogen and oxygen atoms in total. The summed E-state index contributed by atoms with van der Waals surface area (Å²) < 4.78 is 0.0848. The molecule has 6 heteroatoms. The van der Waals surface area contributed by atoms with Crippen molar-refractivity contribution in [1.29, 1.82) is 0 Å². The summed E-state index contributed by atoms with van der Waals surface area (Å²) in [5.74, 6) is -0.197. The van der Waals surface area contributed by atoms with Crippen LogP contribution in [-0.4, -0.2) is 39.0 Å². The highest BCUT2D eigenvalue weighted by molar-refractivity contribution is 8.00. The molecule has 2 heterocycles. The van der Waals surface area contributed by atoms with Gasteiger partial charge in [0, 0.05) is 29.1 Å². The lowest BCUT2D eigenvalue weighted by atomic mass is 10.1. The first-order chi connectivity index (χ1) is 10.0. The number of nitrogens with zero attached hydrogens (tertiary/aromatic N) is 1. The van der Waals surface area contributed by atoms with Crippen LogP contribution in [0.2, 0.25) is 0 Å². The third kappa shape index (κ3) is 4.32. The zero-order chi connectivity index (χ0) is 15.3. The molecule has 1 atom stereocenters. The van der Waals surface area contributed by atoms with E-state index >= 15 is 0 Å². The van der Waals surface area contributed by atoms with E-state index in [0.717, 1.165) is 18.2 Å². The molecule has 0 aromatic carbocycles. The number of hydrogen-bond acceptors (Lipinski definition) is 4. The van der Waals surface area contributed by atoms with E-state index in [0.29, 0.717) is 12.1 Å². The minimum atomic E-state index is -1.06. The molecule has 0 bridgehead atoms. The molecule has 2 N–H and O–H groups in total. The van der Waals surface area contributed by atoms with E-state index in [-0.39, 0.29) is 16.3 Å². The lowest BCUT2D eigenvalue weighted by Crippen LogP contribution is -2.37. The molecule has 1 aromatic rings. The van der Waals surface area contributed by atoms with Crippen molar-refractivity contribution >= 4 is 29.7 Å². The summed E-state index contributed by atoms with van der Waals surface area (Å²) >= 11 is 1.87. The quantitative estimate of drug-likeness (QED) is 0.815. The van der Waals surface area contributed by atoms with E-state index < -0.39 is 5.97 Å². The number of carbonyl (C=O) groups is 2. The maximum atomic E-state index is 12.2. The van der Waals surface area contributed by atoms with Gasteiger partial charge in [-0.05, 0) is 37.7 Å². The van der Waals surface area contributed by atoms with Crippen LogP contribution in [0.3, 0.4) is 0 Å². The van der Waals surface area contributed by atoms with Crippen molar-refractivity contribution in [3.8, 4) is 0 Å². The largest absolute Gasteiger partial charge is 0.478 e. The van der Waals surface area contributed by atoms with Gasteiger partial charge in [0.1, 0.15) is 5.69 Å². The fourth-order valence-electron chi connectivity index (χ4n) is 2.23. The van der Waals surface area contributed by atoms with Crippen LogP contribution in [0.1, 0.15) is 35.8 Å². The second kappa shape index (κ2) is 6.76. The Labute approximate surface area is 127 Å². The van der Waals surface area contributed by atoms with Gasteiger partial charge in [-0.25, -0.2) is 4.79 Å². The molecule has 0 radical (unpaired) electrons. The lowest BCUT2D eigenvalue weighted by Gasteiger charge is -2.22. The van der Waals surface area contributed by atoms with Gasteiger partial charge in [0.05, 0.1) is 0 Å². The number of nitrogens with one attached hydrogen (secondary N) is 1. The van der Waals surface area contributed by atoms with Crippen LogP contribution in [0.15, 0.2) is 24.4 Å². The second-order valence-corrected chi connectivity index (χ2v) is 6.88. The molecular weight excluding hydrogens is 288 g/mol. The average molecular weight is 306 g/mol. The minimum absolute atomic E-state index is 0.0848. The molecule has 1 aliphatic heterocycles. The first kappa shape index (κ1) is 15.6. The second-order valence-electron chi connectivity index (χ2n) is 5.20. The molecule has 1 aliphatic rings. The van der Waals surface area contributed by atoms with Crippen molar-refractivity contribution in [3.05, 3.63) is 35.7 Å². The summed E-state index contributed by atoms with van der Waals surface area (Å²) in [4.78, 5) is 26.9. The van der Waals surface area contributed by atoms with Gasteiger partial charge in [-0.1, -0.05) is 6.07 Å². The number of amides is 1. The average Bonchev–Trinajstić information content (AvgIpc) is 2.90. The molecule has 0 spiro atoms. The van der Waals surface area contributed by atoms with Gasteiger partial charge in [0.2, 0.25) is 0 Å². The summed E-state index contributed by atoms with van der Waals surface area (Å²) in [6, 6.07) is 3.35. The maximum absolute atomic E-state index is 12.2. The van der Waals surface area contributed by atoms with Crippen LogP contribution < -0.4 is 5.32 Å². The molecule has 1 unspecified atom stereocenters. The molecule has 0 saturated carbocycles. The minimum Gasteiger partial charge on any atom is -0.478 e. The Morgan fingerprint density at radius 1 is 1.57 bits per heavy atom. The fourth-order valence-corrected chi connectivity index (χ4v) is 3.47. The standard InChI is InChI=1S/C15H18N2O3S/c1-15(7-3-9-21-15)10-17-14(20)13-11(4-2-8-16-13)5-6-12(18)19/h2,4-6,8H,3,7,9-10H2,1H3,(H,17,20)(H,18,19)/b6-5+. The van der Waals surface area contributed by atoms with Gasteiger partial charge in [0.15, 0.2) is 0 Å². The summed E-state index contributed by atoms with van der Waals surface area (Å²) in [5.41, 5.74) is 0.753. The smallest absolute Gasteiger partial charge is 0.328 e. The lowest BCUT2D eigenvalue weighted by molar-refractivity contribution is -0.131. The number of aromatic nitrogens is 1. The van der Waals surface area contributed by atoms with E-state index in [1.54, 1.807) is 12.1 Å². The zero-order valence-electron chi connectivity index (χ0n) is 11.8. The van der Waals surface area contributed by atoms with Gasteiger partial charge < -0.3 is 10.4 Å². The highest BCUT2D eigenvalue weighted by Gasteiger charge is 2.30. The topological polar surface area (TPSA) is 79.3 Å². The van der Waals surface area contributed by atoms with Crippen molar-refractivity contribution in [2.24, 2.45) is 0 Å².